The van der Waals surface area contributed by atoms with Gasteiger partial charge >= 0.3 is 0 Å². The summed E-state index contributed by atoms with van der Waals surface area (Å²) in [7, 11) is 3.41. The summed E-state index contributed by atoms with van der Waals surface area (Å²) < 4.78 is 18.7. The molecule has 132 valence electrons. The summed E-state index contributed by atoms with van der Waals surface area (Å²) in [6, 6.07) is 14.8. The molecule has 2 aromatic rings. The number of rotatable bonds is 6. The minimum atomic E-state index is -0.175. The fourth-order valence-electron chi connectivity index (χ4n) is 2.94. The number of guanidine groups is 1. The number of aliphatic imine (C=N–C) groups is 1. The summed E-state index contributed by atoms with van der Waals surface area (Å²) in [5.41, 5.74) is 2.24. The molecule has 0 aromatic heterocycles. The van der Waals surface area contributed by atoms with Crippen LogP contribution in [0.1, 0.15) is 24.0 Å². The van der Waals surface area contributed by atoms with E-state index in [1.807, 2.05) is 30.3 Å². The van der Waals surface area contributed by atoms with E-state index in [-0.39, 0.29) is 11.2 Å². The van der Waals surface area contributed by atoms with Crippen LogP contribution >= 0.6 is 0 Å². The van der Waals surface area contributed by atoms with Crippen molar-refractivity contribution in [2.45, 2.75) is 24.8 Å². The van der Waals surface area contributed by atoms with Crippen molar-refractivity contribution >= 4 is 5.96 Å². The summed E-state index contributed by atoms with van der Waals surface area (Å²) in [6.45, 7) is 1.43. The minimum absolute atomic E-state index is 0.0276. The van der Waals surface area contributed by atoms with Gasteiger partial charge in [0.1, 0.15) is 11.6 Å². The molecule has 0 aliphatic heterocycles. The Morgan fingerprint density at radius 1 is 1.16 bits per heavy atom. The molecular formula is C20H24FN3O. The first-order valence-corrected chi connectivity index (χ1v) is 8.49. The molecule has 0 heterocycles. The lowest BCUT2D eigenvalue weighted by Crippen LogP contribution is -2.40. The Bertz CT molecular complexity index is 739. The predicted molar refractivity (Wildman–Crippen MR) is 98.5 cm³/mol. The van der Waals surface area contributed by atoms with Crippen molar-refractivity contribution in [1.82, 2.24) is 10.6 Å². The van der Waals surface area contributed by atoms with Crippen LogP contribution in [-0.4, -0.2) is 26.7 Å². The van der Waals surface area contributed by atoms with E-state index in [9.17, 15) is 4.39 Å². The molecule has 4 nitrogen and oxygen atoms in total. The van der Waals surface area contributed by atoms with Crippen LogP contribution in [0.25, 0.3) is 0 Å². The van der Waals surface area contributed by atoms with Crippen molar-refractivity contribution in [3.8, 4) is 5.75 Å². The average Bonchev–Trinajstić information content (AvgIpc) is 3.43. The first-order chi connectivity index (χ1) is 12.1. The number of methoxy groups -OCH3 is 1. The molecule has 5 heteroatoms. The van der Waals surface area contributed by atoms with Crippen molar-refractivity contribution < 1.29 is 9.13 Å². The molecule has 0 amide bonds. The zero-order chi connectivity index (χ0) is 17.7. The Balaban J connectivity index is 1.54. The summed E-state index contributed by atoms with van der Waals surface area (Å²) in [6.07, 6.45) is 2.14. The summed E-state index contributed by atoms with van der Waals surface area (Å²) in [5.74, 6) is 1.42. The zero-order valence-electron chi connectivity index (χ0n) is 14.7. The minimum Gasteiger partial charge on any atom is -0.497 e. The standard InChI is InChI=1S/C20H24FN3O/c1-22-19(23-13-15-6-8-18(25-2)9-7-15)24-14-20(10-11-20)16-4-3-5-17(21)12-16/h3-9,12H,10-11,13-14H2,1-2H3,(H2,22,23,24). The molecule has 0 spiro atoms. The Labute approximate surface area is 148 Å². The van der Waals surface area contributed by atoms with Crippen LogP contribution in [0.3, 0.4) is 0 Å². The van der Waals surface area contributed by atoms with Gasteiger partial charge in [0, 0.05) is 25.6 Å². The predicted octanol–water partition coefficient (Wildman–Crippen LogP) is 3.23. The van der Waals surface area contributed by atoms with Crippen LogP contribution in [0.15, 0.2) is 53.5 Å². The van der Waals surface area contributed by atoms with Crippen LogP contribution in [0.4, 0.5) is 4.39 Å². The van der Waals surface area contributed by atoms with Gasteiger partial charge in [-0.25, -0.2) is 4.39 Å². The smallest absolute Gasteiger partial charge is 0.191 e. The third-order valence-corrected chi connectivity index (χ3v) is 4.73. The van der Waals surface area contributed by atoms with E-state index >= 15 is 0 Å². The molecular weight excluding hydrogens is 317 g/mol. The molecule has 0 bridgehead atoms. The number of benzene rings is 2. The number of halogens is 1. The van der Waals surface area contributed by atoms with Crippen LogP contribution in [0.5, 0.6) is 5.75 Å². The Hall–Kier alpha value is -2.56. The van der Waals surface area contributed by atoms with E-state index in [1.54, 1.807) is 26.3 Å². The fraction of sp³-hybridized carbons (Fsp3) is 0.350. The van der Waals surface area contributed by atoms with E-state index in [1.165, 1.54) is 6.07 Å². The normalized spacial score (nSPS) is 15.6. The first-order valence-electron chi connectivity index (χ1n) is 8.49. The maximum absolute atomic E-state index is 13.5. The van der Waals surface area contributed by atoms with Crippen LogP contribution in [0, 0.1) is 5.82 Å². The number of nitrogens with one attached hydrogen (secondary N) is 2. The van der Waals surface area contributed by atoms with E-state index in [0.29, 0.717) is 6.54 Å². The van der Waals surface area contributed by atoms with Crippen LogP contribution in [0.2, 0.25) is 0 Å². The van der Waals surface area contributed by atoms with Gasteiger partial charge in [0.05, 0.1) is 7.11 Å². The van der Waals surface area contributed by atoms with E-state index < -0.39 is 0 Å². The lowest BCUT2D eigenvalue weighted by atomic mass is 9.96. The Morgan fingerprint density at radius 2 is 1.92 bits per heavy atom. The summed E-state index contributed by atoms with van der Waals surface area (Å²) in [4.78, 5) is 4.27. The quantitative estimate of drug-likeness (QED) is 0.626. The summed E-state index contributed by atoms with van der Waals surface area (Å²) >= 11 is 0. The molecule has 2 aromatic carbocycles. The monoisotopic (exact) mass is 341 g/mol. The van der Waals surface area contributed by atoms with Crippen molar-refractivity contribution in [2.75, 3.05) is 20.7 Å². The molecule has 0 saturated heterocycles. The molecule has 1 saturated carbocycles. The van der Waals surface area contributed by atoms with Crippen molar-refractivity contribution in [3.63, 3.8) is 0 Å². The maximum Gasteiger partial charge on any atom is 0.191 e. The van der Waals surface area contributed by atoms with E-state index in [4.69, 9.17) is 4.74 Å². The third-order valence-electron chi connectivity index (χ3n) is 4.73. The van der Waals surface area contributed by atoms with Gasteiger partial charge in [0.2, 0.25) is 0 Å². The Morgan fingerprint density at radius 3 is 2.52 bits per heavy atom. The molecule has 0 atom stereocenters. The van der Waals surface area contributed by atoms with Gasteiger partial charge < -0.3 is 15.4 Å². The van der Waals surface area contributed by atoms with E-state index in [2.05, 4.69) is 15.6 Å². The molecule has 3 rings (SSSR count). The van der Waals surface area contributed by atoms with Gasteiger partial charge in [-0.2, -0.15) is 0 Å². The second-order valence-electron chi connectivity index (χ2n) is 6.42. The first kappa shape index (κ1) is 17.3. The van der Waals surface area contributed by atoms with Gasteiger partial charge in [-0.1, -0.05) is 24.3 Å². The summed E-state index contributed by atoms with van der Waals surface area (Å²) in [5, 5.41) is 6.69. The molecule has 0 radical (unpaired) electrons. The molecule has 0 unspecified atom stereocenters. The highest BCUT2D eigenvalue weighted by atomic mass is 19.1. The van der Waals surface area contributed by atoms with Gasteiger partial charge in [-0.05, 0) is 48.2 Å². The lowest BCUT2D eigenvalue weighted by molar-refractivity contribution is 0.414. The van der Waals surface area contributed by atoms with Gasteiger partial charge in [0.25, 0.3) is 0 Å². The van der Waals surface area contributed by atoms with Crippen molar-refractivity contribution in [1.29, 1.82) is 0 Å². The van der Waals surface area contributed by atoms with Crippen LogP contribution < -0.4 is 15.4 Å². The second-order valence-corrected chi connectivity index (χ2v) is 6.42. The van der Waals surface area contributed by atoms with Crippen LogP contribution in [-0.2, 0) is 12.0 Å². The van der Waals surface area contributed by atoms with Crippen molar-refractivity contribution in [3.05, 3.63) is 65.5 Å². The van der Waals surface area contributed by atoms with Crippen molar-refractivity contribution in [2.24, 2.45) is 4.99 Å². The number of ether oxygens (including phenoxy) is 1. The maximum atomic E-state index is 13.5. The van der Waals surface area contributed by atoms with E-state index in [0.717, 1.165) is 42.2 Å². The number of hydrogen-bond acceptors (Lipinski definition) is 2. The number of nitrogens with zero attached hydrogens (tertiary/aromatic N) is 1. The molecule has 25 heavy (non-hydrogen) atoms. The number of hydrogen-bond donors (Lipinski definition) is 2. The molecule has 2 N–H and O–H groups in total. The average molecular weight is 341 g/mol. The van der Waals surface area contributed by atoms with Gasteiger partial charge in [-0.15, -0.1) is 0 Å². The van der Waals surface area contributed by atoms with Gasteiger partial charge in [0.15, 0.2) is 5.96 Å². The molecule has 1 aliphatic carbocycles. The topological polar surface area (TPSA) is 45.7 Å². The lowest BCUT2D eigenvalue weighted by Gasteiger charge is -2.19. The molecule has 1 aliphatic rings. The second kappa shape index (κ2) is 7.55. The SMILES string of the molecule is CN=C(NCc1ccc(OC)cc1)NCC1(c2cccc(F)c2)CC1. The highest BCUT2D eigenvalue weighted by Gasteiger charge is 2.44. The highest BCUT2D eigenvalue weighted by molar-refractivity contribution is 5.79. The third kappa shape index (κ3) is 4.29. The van der Waals surface area contributed by atoms with Gasteiger partial charge in [-0.3, -0.25) is 4.99 Å². The Kier molecular flexibility index (Phi) is 5.22. The fourth-order valence-corrected chi connectivity index (χ4v) is 2.94. The highest BCUT2D eigenvalue weighted by Crippen LogP contribution is 2.47. The molecule has 1 fully saturated rings. The zero-order valence-corrected chi connectivity index (χ0v) is 14.7. The largest absolute Gasteiger partial charge is 0.497 e.